The van der Waals surface area contributed by atoms with E-state index in [-0.39, 0.29) is 10.9 Å². The third-order valence-electron chi connectivity index (χ3n) is 2.95. The van der Waals surface area contributed by atoms with Crippen molar-refractivity contribution in [2.45, 2.75) is 13.3 Å². The SMILES string of the molecule is Cc1ccc(F)cc1CC(=O)c1c(F)cc(Br)cc1F. The summed E-state index contributed by atoms with van der Waals surface area (Å²) in [5, 5.41) is 0. The lowest BCUT2D eigenvalue weighted by molar-refractivity contribution is 0.0984. The Kier molecular flexibility index (Phi) is 4.28. The molecule has 0 amide bonds. The van der Waals surface area contributed by atoms with Crippen LogP contribution in [0.2, 0.25) is 0 Å². The van der Waals surface area contributed by atoms with Crippen molar-refractivity contribution in [2.24, 2.45) is 0 Å². The Bertz CT molecular complexity index is 660. The highest BCUT2D eigenvalue weighted by molar-refractivity contribution is 9.10. The summed E-state index contributed by atoms with van der Waals surface area (Å²) < 4.78 is 40.7. The smallest absolute Gasteiger partial charge is 0.173 e. The zero-order valence-corrected chi connectivity index (χ0v) is 12.1. The molecule has 0 unspecified atom stereocenters. The Morgan fingerprint density at radius 3 is 2.30 bits per heavy atom. The second kappa shape index (κ2) is 5.79. The molecule has 104 valence electrons. The maximum absolute atomic E-state index is 13.7. The highest BCUT2D eigenvalue weighted by Crippen LogP contribution is 2.22. The Hall–Kier alpha value is -1.62. The Labute approximate surface area is 122 Å². The van der Waals surface area contributed by atoms with Gasteiger partial charge in [0.05, 0.1) is 5.56 Å². The van der Waals surface area contributed by atoms with Crippen molar-refractivity contribution in [3.63, 3.8) is 0 Å². The minimum Gasteiger partial charge on any atom is -0.294 e. The number of Topliss-reactive ketones (excluding diaryl/α,β-unsaturated/α-hetero) is 1. The van der Waals surface area contributed by atoms with Gasteiger partial charge in [-0.15, -0.1) is 0 Å². The molecule has 0 N–H and O–H groups in total. The topological polar surface area (TPSA) is 17.1 Å². The Balaban J connectivity index is 2.36. The first-order chi connectivity index (χ1) is 9.38. The summed E-state index contributed by atoms with van der Waals surface area (Å²) in [5.74, 6) is -3.08. The third-order valence-corrected chi connectivity index (χ3v) is 3.41. The maximum atomic E-state index is 13.7. The molecule has 0 aromatic heterocycles. The molecule has 5 heteroatoms. The van der Waals surface area contributed by atoms with Crippen LogP contribution in [0.4, 0.5) is 13.2 Å². The first-order valence-corrected chi connectivity index (χ1v) is 6.60. The van der Waals surface area contributed by atoms with Crippen LogP contribution >= 0.6 is 15.9 Å². The van der Waals surface area contributed by atoms with Gasteiger partial charge in [0.1, 0.15) is 17.5 Å². The fourth-order valence-electron chi connectivity index (χ4n) is 1.90. The van der Waals surface area contributed by atoms with Crippen molar-refractivity contribution in [3.05, 3.63) is 68.9 Å². The van der Waals surface area contributed by atoms with Crippen LogP contribution in [0.25, 0.3) is 0 Å². The lowest BCUT2D eigenvalue weighted by Crippen LogP contribution is -2.10. The van der Waals surface area contributed by atoms with E-state index in [1.165, 1.54) is 18.2 Å². The molecule has 0 saturated heterocycles. The minimum atomic E-state index is -0.934. The second-order valence-electron chi connectivity index (χ2n) is 4.42. The summed E-state index contributed by atoms with van der Waals surface area (Å²) in [5.41, 5.74) is 0.506. The van der Waals surface area contributed by atoms with Gasteiger partial charge in [0.2, 0.25) is 0 Å². The number of ketones is 1. The van der Waals surface area contributed by atoms with E-state index in [4.69, 9.17) is 0 Å². The molecular formula is C15H10BrF3O. The first-order valence-electron chi connectivity index (χ1n) is 5.81. The zero-order valence-electron chi connectivity index (χ0n) is 10.5. The van der Waals surface area contributed by atoms with Gasteiger partial charge in [-0.1, -0.05) is 22.0 Å². The molecule has 0 radical (unpaired) electrons. The van der Waals surface area contributed by atoms with Crippen LogP contribution in [0, 0.1) is 24.4 Å². The molecule has 2 aromatic rings. The zero-order chi connectivity index (χ0) is 14.9. The van der Waals surface area contributed by atoms with E-state index in [2.05, 4.69) is 15.9 Å². The molecule has 0 heterocycles. The molecule has 0 aliphatic heterocycles. The quantitative estimate of drug-likeness (QED) is 0.745. The van der Waals surface area contributed by atoms with Crippen LogP contribution in [0.1, 0.15) is 21.5 Å². The lowest BCUT2D eigenvalue weighted by atomic mass is 9.99. The van der Waals surface area contributed by atoms with Crippen molar-refractivity contribution in [3.8, 4) is 0 Å². The molecule has 0 aliphatic rings. The molecule has 2 aromatic carbocycles. The van der Waals surface area contributed by atoms with Gasteiger partial charge in [0.15, 0.2) is 5.78 Å². The second-order valence-corrected chi connectivity index (χ2v) is 5.33. The first kappa shape index (κ1) is 14.8. The Morgan fingerprint density at radius 2 is 1.70 bits per heavy atom. The van der Waals surface area contributed by atoms with Crippen LogP contribution in [-0.2, 0) is 6.42 Å². The van der Waals surface area contributed by atoms with Gasteiger partial charge in [0, 0.05) is 10.9 Å². The fraction of sp³-hybridized carbons (Fsp3) is 0.133. The van der Waals surface area contributed by atoms with Gasteiger partial charge in [-0.05, 0) is 42.3 Å². The summed E-state index contributed by atoms with van der Waals surface area (Å²) >= 11 is 2.94. The van der Waals surface area contributed by atoms with Gasteiger partial charge in [0.25, 0.3) is 0 Å². The third kappa shape index (κ3) is 3.10. The van der Waals surface area contributed by atoms with Crippen molar-refractivity contribution in [1.29, 1.82) is 0 Å². The largest absolute Gasteiger partial charge is 0.294 e. The van der Waals surface area contributed by atoms with E-state index in [0.29, 0.717) is 11.1 Å². The van der Waals surface area contributed by atoms with E-state index in [1.807, 2.05) is 0 Å². The molecule has 2 rings (SSSR count). The van der Waals surface area contributed by atoms with Gasteiger partial charge in [-0.25, -0.2) is 13.2 Å². The molecule has 20 heavy (non-hydrogen) atoms. The molecule has 0 bridgehead atoms. The van der Waals surface area contributed by atoms with Crippen LogP contribution in [0.3, 0.4) is 0 Å². The van der Waals surface area contributed by atoms with Crippen LogP contribution in [-0.4, -0.2) is 5.78 Å². The van der Waals surface area contributed by atoms with Crippen molar-refractivity contribution >= 4 is 21.7 Å². The van der Waals surface area contributed by atoms with Gasteiger partial charge in [-0.3, -0.25) is 4.79 Å². The van der Waals surface area contributed by atoms with Gasteiger partial charge in [-0.2, -0.15) is 0 Å². The Morgan fingerprint density at radius 1 is 1.10 bits per heavy atom. The monoisotopic (exact) mass is 342 g/mol. The average molecular weight is 343 g/mol. The predicted molar refractivity (Wildman–Crippen MR) is 73.2 cm³/mol. The fourth-order valence-corrected chi connectivity index (χ4v) is 2.30. The molecule has 1 nitrogen and oxygen atoms in total. The maximum Gasteiger partial charge on any atom is 0.173 e. The van der Waals surface area contributed by atoms with E-state index >= 15 is 0 Å². The van der Waals surface area contributed by atoms with Crippen molar-refractivity contribution < 1.29 is 18.0 Å². The molecular weight excluding hydrogens is 333 g/mol. The number of hydrogen-bond donors (Lipinski definition) is 0. The molecule has 0 spiro atoms. The van der Waals surface area contributed by atoms with Gasteiger partial charge < -0.3 is 0 Å². The predicted octanol–water partition coefficient (Wildman–Crippen LogP) is 4.60. The molecule has 0 fully saturated rings. The number of carbonyl (C=O) groups is 1. The van der Waals surface area contributed by atoms with E-state index in [0.717, 1.165) is 12.1 Å². The molecule has 0 aliphatic carbocycles. The van der Waals surface area contributed by atoms with E-state index in [9.17, 15) is 18.0 Å². The summed E-state index contributed by atoms with van der Waals surface area (Å²) in [6.45, 7) is 1.70. The lowest BCUT2D eigenvalue weighted by Gasteiger charge is -2.07. The standard InChI is InChI=1S/C15H10BrF3O/c1-8-2-3-11(17)4-9(8)5-14(20)15-12(18)6-10(16)7-13(15)19/h2-4,6-7H,5H2,1H3. The number of aryl methyl sites for hydroxylation is 1. The normalized spacial score (nSPS) is 10.7. The molecule has 0 saturated carbocycles. The summed E-state index contributed by atoms with van der Waals surface area (Å²) in [4.78, 5) is 12.0. The minimum absolute atomic E-state index is 0.214. The highest BCUT2D eigenvalue weighted by atomic mass is 79.9. The van der Waals surface area contributed by atoms with Crippen LogP contribution in [0.5, 0.6) is 0 Å². The number of halogens is 4. The van der Waals surface area contributed by atoms with Gasteiger partial charge >= 0.3 is 0 Å². The summed E-state index contributed by atoms with van der Waals surface area (Å²) in [6.07, 6.45) is -0.251. The van der Waals surface area contributed by atoms with E-state index in [1.54, 1.807) is 6.92 Å². The molecule has 0 atom stereocenters. The van der Waals surface area contributed by atoms with Crippen LogP contribution < -0.4 is 0 Å². The highest BCUT2D eigenvalue weighted by Gasteiger charge is 2.19. The van der Waals surface area contributed by atoms with Crippen molar-refractivity contribution in [2.75, 3.05) is 0 Å². The summed E-state index contributed by atoms with van der Waals surface area (Å²) in [6, 6.07) is 6.03. The van der Waals surface area contributed by atoms with E-state index < -0.39 is 28.8 Å². The number of benzene rings is 2. The van der Waals surface area contributed by atoms with Crippen molar-refractivity contribution in [1.82, 2.24) is 0 Å². The van der Waals surface area contributed by atoms with Crippen LogP contribution in [0.15, 0.2) is 34.8 Å². The average Bonchev–Trinajstić information content (AvgIpc) is 2.32. The number of rotatable bonds is 3. The number of carbonyl (C=O) groups excluding carboxylic acids is 1. The number of hydrogen-bond acceptors (Lipinski definition) is 1. The summed E-state index contributed by atoms with van der Waals surface area (Å²) in [7, 11) is 0.